The third kappa shape index (κ3) is 4.12. The second kappa shape index (κ2) is 7.64. The predicted molar refractivity (Wildman–Crippen MR) is 109 cm³/mol. The minimum Gasteiger partial charge on any atom is -0.491 e. The quantitative estimate of drug-likeness (QED) is 0.740. The van der Waals surface area contributed by atoms with E-state index < -0.39 is 5.60 Å². The van der Waals surface area contributed by atoms with Gasteiger partial charge in [0.15, 0.2) is 0 Å². The van der Waals surface area contributed by atoms with Crippen molar-refractivity contribution in [2.45, 2.75) is 26.0 Å². The normalized spacial score (nSPS) is 14.2. The topological polar surface area (TPSA) is 75.5 Å². The molecule has 0 fully saturated rings. The highest BCUT2D eigenvalue weighted by molar-refractivity contribution is 5.98. The number of carbonyl (C=O) groups excluding carboxylic acids is 1. The van der Waals surface area contributed by atoms with Crippen LogP contribution in [0.5, 0.6) is 5.75 Å². The molecular formula is C23H23N3O3. The zero-order valence-corrected chi connectivity index (χ0v) is 16.5. The molecule has 0 spiro atoms. The summed E-state index contributed by atoms with van der Waals surface area (Å²) in [5, 5.41) is 10.1. The molecule has 1 aliphatic heterocycles. The van der Waals surface area contributed by atoms with Gasteiger partial charge >= 0.3 is 0 Å². The lowest BCUT2D eigenvalue weighted by Crippen LogP contribution is -2.32. The predicted octanol–water partition coefficient (Wildman–Crippen LogP) is 3.41. The second-order valence-corrected chi connectivity index (χ2v) is 7.59. The van der Waals surface area contributed by atoms with Crippen LogP contribution in [0.3, 0.4) is 0 Å². The number of amides is 1. The van der Waals surface area contributed by atoms with Gasteiger partial charge in [-0.05, 0) is 48.7 Å². The number of aliphatic hydroxyl groups is 1. The van der Waals surface area contributed by atoms with Crippen LogP contribution in [0.15, 0.2) is 60.9 Å². The fourth-order valence-corrected chi connectivity index (χ4v) is 3.34. The Kier molecular flexibility index (Phi) is 5.03. The molecular weight excluding hydrogens is 366 g/mol. The number of nitrogens with zero attached hydrogens (tertiary/aromatic N) is 3. The average molecular weight is 389 g/mol. The first-order valence-electron chi connectivity index (χ1n) is 9.57. The number of aromatic nitrogens is 2. The summed E-state index contributed by atoms with van der Waals surface area (Å²) in [6, 6.07) is 15.1. The van der Waals surface area contributed by atoms with E-state index in [4.69, 9.17) is 4.74 Å². The first-order valence-corrected chi connectivity index (χ1v) is 9.57. The van der Waals surface area contributed by atoms with Crippen LogP contribution in [0.2, 0.25) is 0 Å². The Hall–Kier alpha value is -3.25. The van der Waals surface area contributed by atoms with Crippen molar-refractivity contribution in [3.05, 3.63) is 77.9 Å². The maximum absolute atomic E-state index is 13.2. The molecule has 0 atom stereocenters. The highest BCUT2D eigenvalue weighted by atomic mass is 16.5. The van der Waals surface area contributed by atoms with Gasteiger partial charge in [-0.2, -0.15) is 0 Å². The van der Waals surface area contributed by atoms with Crippen LogP contribution in [0.4, 0.5) is 0 Å². The van der Waals surface area contributed by atoms with E-state index in [2.05, 4.69) is 9.97 Å². The van der Waals surface area contributed by atoms with Crippen LogP contribution in [-0.2, 0) is 12.1 Å². The highest BCUT2D eigenvalue weighted by Crippen LogP contribution is 2.31. The van der Waals surface area contributed by atoms with Gasteiger partial charge in [0.1, 0.15) is 18.2 Å². The molecule has 3 aromatic rings. The van der Waals surface area contributed by atoms with Crippen molar-refractivity contribution in [1.82, 2.24) is 14.9 Å². The van der Waals surface area contributed by atoms with Crippen molar-refractivity contribution >= 4 is 5.91 Å². The Morgan fingerprint density at radius 3 is 2.45 bits per heavy atom. The minimum atomic E-state index is -0.893. The van der Waals surface area contributed by atoms with E-state index >= 15 is 0 Å². The van der Waals surface area contributed by atoms with Gasteiger partial charge in [0.05, 0.1) is 24.3 Å². The molecule has 0 unspecified atom stereocenters. The number of rotatable bonds is 4. The van der Waals surface area contributed by atoms with Crippen molar-refractivity contribution in [3.63, 3.8) is 0 Å². The number of ether oxygens (including phenoxy) is 1. The molecule has 29 heavy (non-hydrogen) atoms. The van der Waals surface area contributed by atoms with E-state index in [9.17, 15) is 9.90 Å². The standard InChI is InChI=1S/C23H23N3O3/c1-23(2,28)18-7-4-16(5-8-18)17-6-9-20-19(14-17)22(27)26(12-13-29-20)15-21-24-10-3-11-25-21/h3-11,14,28H,12-13,15H2,1-2H3. The number of hydrogen-bond acceptors (Lipinski definition) is 5. The van der Waals surface area contributed by atoms with Gasteiger partial charge in [-0.3, -0.25) is 4.79 Å². The van der Waals surface area contributed by atoms with Gasteiger partial charge in [0.2, 0.25) is 0 Å². The van der Waals surface area contributed by atoms with Crippen LogP contribution < -0.4 is 4.74 Å². The molecule has 0 saturated carbocycles. The molecule has 1 aromatic heterocycles. The molecule has 4 rings (SSSR count). The van der Waals surface area contributed by atoms with Gasteiger partial charge in [-0.15, -0.1) is 0 Å². The Morgan fingerprint density at radius 2 is 1.76 bits per heavy atom. The van der Waals surface area contributed by atoms with Gasteiger partial charge in [-0.1, -0.05) is 30.3 Å². The molecule has 6 heteroatoms. The molecule has 0 saturated heterocycles. The Bertz CT molecular complexity index is 1010. The van der Waals surface area contributed by atoms with E-state index in [1.54, 1.807) is 37.2 Å². The monoisotopic (exact) mass is 389 g/mol. The van der Waals surface area contributed by atoms with Crippen molar-refractivity contribution in [3.8, 4) is 16.9 Å². The number of carbonyl (C=O) groups is 1. The van der Waals surface area contributed by atoms with Gasteiger partial charge < -0.3 is 14.7 Å². The fraction of sp³-hybridized carbons (Fsp3) is 0.261. The maximum atomic E-state index is 13.2. The molecule has 2 heterocycles. The molecule has 1 aliphatic rings. The molecule has 0 bridgehead atoms. The highest BCUT2D eigenvalue weighted by Gasteiger charge is 2.25. The van der Waals surface area contributed by atoms with E-state index in [0.717, 1.165) is 16.7 Å². The van der Waals surface area contributed by atoms with E-state index in [1.807, 2.05) is 42.5 Å². The van der Waals surface area contributed by atoms with Crippen LogP contribution in [-0.4, -0.2) is 39.0 Å². The van der Waals surface area contributed by atoms with Crippen molar-refractivity contribution < 1.29 is 14.6 Å². The third-order valence-electron chi connectivity index (χ3n) is 4.99. The summed E-state index contributed by atoms with van der Waals surface area (Å²) in [4.78, 5) is 23.3. The first kappa shape index (κ1) is 19.1. The molecule has 1 N–H and O–H groups in total. The van der Waals surface area contributed by atoms with Crippen LogP contribution in [0.1, 0.15) is 35.6 Å². The molecule has 0 radical (unpaired) electrons. The molecule has 1 amide bonds. The van der Waals surface area contributed by atoms with Crippen molar-refractivity contribution in [2.24, 2.45) is 0 Å². The first-order chi connectivity index (χ1) is 13.9. The van der Waals surface area contributed by atoms with Crippen molar-refractivity contribution in [1.29, 1.82) is 0 Å². The molecule has 0 aliphatic carbocycles. The van der Waals surface area contributed by atoms with Gasteiger partial charge in [0.25, 0.3) is 5.91 Å². The van der Waals surface area contributed by atoms with E-state index in [1.165, 1.54) is 0 Å². The second-order valence-electron chi connectivity index (χ2n) is 7.59. The lowest BCUT2D eigenvalue weighted by Gasteiger charge is -2.19. The average Bonchev–Trinajstić information content (AvgIpc) is 2.87. The smallest absolute Gasteiger partial charge is 0.258 e. The molecule has 2 aromatic carbocycles. The summed E-state index contributed by atoms with van der Waals surface area (Å²) in [5.74, 6) is 1.09. The summed E-state index contributed by atoms with van der Waals surface area (Å²) >= 11 is 0. The summed E-state index contributed by atoms with van der Waals surface area (Å²) in [6.45, 7) is 4.75. The summed E-state index contributed by atoms with van der Waals surface area (Å²) < 4.78 is 5.81. The Labute approximate surface area is 169 Å². The summed E-state index contributed by atoms with van der Waals surface area (Å²) in [5.41, 5.74) is 2.36. The lowest BCUT2D eigenvalue weighted by molar-refractivity contribution is 0.0738. The maximum Gasteiger partial charge on any atom is 0.258 e. The van der Waals surface area contributed by atoms with Gasteiger partial charge in [0, 0.05) is 12.4 Å². The van der Waals surface area contributed by atoms with E-state index in [0.29, 0.717) is 36.8 Å². The molecule has 6 nitrogen and oxygen atoms in total. The molecule has 148 valence electrons. The van der Waals surface area contributed by atoms with Crippen molar-refractivity contribution in [2.75, 3.05) is 13.2 Å². The fourth-order valence-electron chi connectivity index (χ4n) is 3.34. The van der Waals surface area contributed by atoms with Crippen LogP contribution in [0.25, 0.3) is 11.1 Å². The SMILES string of the molecule is CC(C)(O)c1ccc(-c2ccc3c(c2)C(=O)N(Cc2ncccn2)CCO3)cc1. The number of benzene rings is 2. The Balaban J connectivity index is 1.63. The zero-order chi connectivity index (χ0) is 20.4. The van der Waals surface area contributed by atoms with E-state index in [-0.39, 0.29) is 5.91 Å². The zero-order valence-electron chi connectivity index (χ0n) is 16.5. The Morgan fingerprint density at radius 1 is 1.07 bits per heavy atom. The van der Waals surface area contributed by atoms with Crippen LogP contribution >= 0.6 is 0 Å². The summed E-state index contributed by atoms with van der Waals surface area (Å²) in [7, 11) is 0. The number of fused-ring (bicyclic) bond motifs is 1. The summed E-state index contributed by atoms with van der Waals surface area (Å²) in [6.07, 6.45) is 3.34. The van der Waals surface area contributed by atoms with Crippen LogP contribution in [0, 0.1) is 0 Å². The van der Waals surface area contributed by atoms with Gasteiger partial charge in [-0.25, -0.2) is 9.97 Å². The lowest BCUT2D eigenvalue weighted by atomic mass is 9.95. The number of hydrogen-bond donors (Lipinski definition) is 1. The minimum absolute atomic E-state index is 0.0973. The third-order valence-corrected chi connectivity index (χ3v) is 4.99. The largest absolute Gasteiger partial charge is 0.491 e.